The van der Waals surface area contributed by atoms with Crippen LogP contribution in [0.15, 0.2) is 41.5 Å². The summed E-state index contributed by atoms with van der Waals surface area (Å²) in [5.74, 6) is 0.509. The number of rotatable bonds is 5. The zero-order chi connectivity index (χ0) is 17.1. The number of likely N-dealkylation sites (N-methyl/N-ethyl adjacent to an activating group) is 1. The number of pyridine rings is 1. The van der Waals surface area contributed by atoms with Gasteiger partial charge in [0.05, 0.1) is 11.9 Å². The number of anilines is 1. The number of carbonyl (C=O) groups is 1. The monoisotopic (exact) mass is 324 g/mol. The molecule has 0 aromatic carbocycles. The first kappa shape index (κ1) is 16.1. The third kappa shape index (κ3) is 3.41. The van der Waals surface area contributed by atoms with Crippen molar-refractivity contribution >= 4 is 34.2 Å². The van der Waals surface area contributed by atoms with Crippen molar-refractivity contribution in [2.45, 2.75) is 6.42 Å². The molecule has 0 unspecified atom stereocenters. The zero-order valence-corrected chi connectivity index (χ0v) is 13.8. The molecular formula is C17H20N6O. The minimum Gasteiger partial charge on any atom is -0.365 e. The van der Waals surface area contributed by atoms with Crippen LogP contribution in [0.1, 0.15) is 6.42 Å². The molecule has 7 heteroatoms. The van der Waals surface area contributed by atoms with Gasteiger partial charge in [-0.05, 0) is 38.4 Å². The molecule has 0 saturated heterocycles. The zero-order valence-electron chi connectivity index (χ0n) is 13.8. The Labute approximate surface area is 140 Å². The largest absolute Gasteiger partial charge is 0.365 e. The van der Waals surface area contributed by atoms with E-state index in [9.17, 15) is 4.79 Å². The molecule has 0 atom stereocenters. The van der Waals surface area contributed by atoms with Crippen molar-refractivity contribution < 1.29 is 4.79 Å². The first-order chi connectivity index (χ1) is 11.5. The van der Waals surface area contributed by atoms with Crippen LogP contribution in [0, 0.1) is 5.41 Å². The van der Waals surface area contributed by atoms with Gasteiger partial charge in [0, 0.05) is 25.0 Å². The van der Waals surface area contributed by atoms with Crippen LogP contribution in [0.3, 0.4) is 0 Å². The maximum absolute atomic E-state index is 12.1. The van der Waals surface area contributed by atoms with Gasteiger partial charge in [0.2, 0.25) is 0 Å². The Balaban J connectivity index is 2.00. The van der Waals surface area contributed by atoms with Gasteiger partial charge in [0.1, 0.15) is 11.4 Å². The Morgan fingerprint density at radius 3 is 2.96 bits per heavy atom. The van der Waals surface area contributed by atoms with Crippen LogP contribution in [0.5, 0.6) is 0 Å². The Kier molecular flexibility index (Phi) is 4.52. The minimum absolute atomic E-state index is 0.0952. The molecule has 24 heavy (non-hydrogen) atoms. The molecule has 0 saturated carbocycles. The first-order valence-corrected chi connectivity index (χ1v) is 7.78. The van der Waals surface area contributed by atoms with Gasteiger partial charge in [-0.15, -0.1) is 5.10 Å². The lowest BCUT2D eigenvalue weighted by Crippen LogP contribution is -2.21. The van der Waals surface area contributed by atoms with Crippen LogP contribution in [0.25, 0.3) is 5.52 Å². The number of ketones is 1. The summed E-state index contributed by atoms with van der Waals surface area (Å²) in [6.45, 7) is 1.59. The molecule has 0 radical (unpaired) electrons. The maximum Gasteiger partial charge on any atom is 0.187 e. The van der Waals surface area contributed by atoms with Crippen LogP contribution >= 0.6 is 0 Å². The third-order valence-electron chi connectivity index (χ3n) is 3.68. The van der Waals surface area contributed by atoms with Crippen molar-refractivity contribution in [3.8, 4) is 0 Å². The van der Waals surface area contributed by atoms with Crippen molar-refractivity contribution in [1.82, 2.24) is 14.5 Å². The Morgan fingerprint density at radius 1 is 1.38 bits per heavy atom. The van der Waals surface area contributed by atoms with Crippen LogP contribution in [-0.2, 0) is 4.79 Å². The molecule has 0 aliphatic heterocycles. The molecule has 2 aromatic rings. The van der Waals surface area contributed by atoms with Gasteiger partial charge in [-0.25, -0.2) is 9.51 Å². The van der Waals surface area contributed by atoms with Crippen LogP contribution in [-0.4, -0.2) is 58.9 Å². The summed E-state index contributed by atoms with van der Waals surface area (Å²) in [6, 6.07) is 5.73. The van der Waals surface area contributed by atoms with Crippen molar-refractivity contribution in [3.63, 3.8) is 0 Å². The van der Waals surface area contributed by atoms with E-state index >= 15 is 0 Å². The van der Waals surface area contributed by atoms with Gasteiger partial charge in [0.15, 0.2) is 11.6 Å². The topological polar surface area (TPSA) is 85.8 Å². The van der Waals surface area contributed by atoms with Crippen molar-refractivity contribution in [2.75, 3.05) is 32.5 Å². The lowest BCUT2D eigenvalue weighted by atomic mass is 10.0. The predicted octanol–water partition coefficient (Wildman–Crippen LogP) is 1.93. The summed E-state index contributed by atoms with van der Waals surface area (Å²) in [4.78, 5) is 18.7. The lowest BCUT2D eigenvalue weighted by molar-refractivity contribution is -0.111. The molecule has 1 aliphatic rings. The first-order valence-electron chi connectivity index (χ1n) is 7.78. The highest BCUT2D eigenvalue weighted by molar-refractivity contribution is 6.50. The highest BCUT2D eigenvalue weighted by Crippen LogP contribution is 2.30. The van der Waals surface area contributed by atoms with E-state index in [-0.39, 0.29) is 12.2 Å². The van der Waals surface area contributed by atoms with Gasteiger partial charge in [0.25, 0.3) is 0 Å². The standard InChI is InChI=1S/C17H20N6O/c1-22(2)10-8-19-17-16(14-5-3-4-9-23(14)21-17)20-13-7-6-12(18)11-15(13)24/h3-7,9,18H,8,10-11H2,1-2H3,(H,19,21). The second-order valence-corrected chi connectivity index (χ2v) is 5.91. The number of aromatic nitrogens is 2. The number of carbonyl (C=O) groups excluding carboxylic acids is 1. The number of aliphatic imine (C=N–C) groups is 1. The van der Waals surface area contributed by atoms with E-state index in [1.165, 1.54) is 0 Å². The fraction of sp³-hybridized carbons (Fsp3) is 0.294. The number of nitrogens with one attached hydrogen (secondary N) is 2. The van der Waals surface area contributed by atoms with Gasteiger partial charge in [-0.2, -0.15) is 0 Å². The highest BCUT2D eigenvalue weighted by atomic mass is 16.1. The van der Waals surface area contributed by atoms with Crippen LogP contribution in [0.2, 0.25) is 0 Å². The number of allylic oxidation sites excluding steroid dienone is 2. The summed E-state index contributed by atoms with van der Waals surface area (Å²) in [6.07, 6.45) is 5.16. The summed E-state index contributed by atoms with van der Waals surface area (Å²) < 4.78 is 1.75. The molecule has 0 fully saturated rings. The summed E-state index contributed by atoms with van der Waals surface area (Å²) >= 11 is 0. The van der Waals surface area contributed by atoms with E-state index in [1.807, 2.05) is 38.5 Å². The van der Waals surface area contributed by atoms with Crippen molar-refractivity contribution in [1.29, 1.82) is 5.41 Å². The maximum atomic E-state index is 12.1. The van der Waals surface area contributed by atoms with Crippen molar-refractivity contribution in [3.05, 3.63) is 36.5 Å². The molecule has 7 nitrogen and oxygen atoms in total. The van der Waals surface area contributed by atoms with E-state index in [0.717, 1.165) is 18.6 Å². The van der Waals surface area contributed by atoms with Gasteiger partial charge < -0.3 is 15.6 Å². The number of fused-ring (bicyclic) bond motifs is 1. The van der Waals surface area contributed by atoms with E-state index in [1.54, 1.807) is 16.7 Å². The third-order valence-corrected chi connectivity index (χ3v) is 3.68. The summed E-state index contributed by atoms with van der Waals surface area (Å²) in [5.41, 5.74) is 2.15. The van der Waals surface area contributed by atoms with E-state index in [4.69, 9.17) is 5.41 Å². The van der Waals surface area contributed by atoms with Gasteiger partial charge in [-0.3, -0.25) is 4.79 Å². The molecule has 0 amide bonds. The number of hydrogen-bond donors (Lipinski definition) is 2. The van der Waals surface area contributed by atoms with E-state index in [2.05, 4.69) is 20.3 Å². The minimum atomic E-state index is -0.142. The van der Waals surface area contributed by atoms with E-state index < -0.39 is 0 Å². The highest BCUT2D eigenvalue weighted by Gasteiger charge is 2.18. The van der Waals surface area contributed by atoms with Crippen LogP contribution < -0.4 is 5.32 Å². The summed E-state index contributed by atoms with van der Waals surface area (Å²) in [5, 5.41) is 15.4. The number of hydrogen-bond acceptors (Lipinski definition) is 6. The fourth-order valence-electron chi connectivity index (χ4n) is 2.43. The normalized spacial score (nSPS) is 16.5. The second kappa shape index (κ2) is 6.76. The lowest BCUT2D eigenvalue weighted by Gasteiger charge is -2.10. The predicted molar refractivity (Wildman–Crippen MR) is 95.8 cm³/mol. The Bertz CT molecular complexity index is 846. The average molecular weight is 324 g/mol. The van der Waals surface area contributed by atoms with E-state index in [0.29, 0.717) is 22.9 Å². The Hall–Kier alpha value is -2.80. The fourth-order valence-corrected chi connectivity index (χ4v) is 2.43. The molecular weight excluding hydrogens is 304 g/mol. The quantitative estimate of drug-likeness (QED) is 0.880. The average Bonchev–Trinajstić information content (AvgIpc) is 2.87. The van der Waals surface area contributed by atoms with Gasteiger partial charge >= 0.3 is 0 Å². The number of Topliss-reactive ketones (excluding diaryl/α,β-unsaturated/α-hetero) is 1. The SMILES string of the molecule is CN(C)CCNc1nn2ccccc2c1N=C1C=CC(=N)CC1=O. The molecule has 2 N–H and O–H groups in total. The second-order valence-electron chi connectivity index (χ2n) is 5.91. The van der Waals surface area contributed by atoms with Crippen molar-refractivity contribution in [2.24, 2.45) is 4.99 Å². The smallest absolute Gasteiger partial charge is 0.187 e. The molecule has 2 heterocycles. The molecule has 1 aliphatic carbocycles. The molecule has 124 valence electrons. The Morgan fingerprint density at radius 2 is 2.21 bits per heavy atom. The molecule has 0 spiro atoms. The number of nitrogens with zero attached hydrogens (tertiary/aromatic N) is 4. The van der Waals surface area contributed by atoms with Crippen LogP contribution in [0.4, 0.5) is 11.5 Å². The molecule has 0 bridgehead atoms. The molecule has 3 rings (SSSR count). The summed E-state index contributed by atoms with van der Waals surface area (Å²) in [7, 11) is 4.01. The van der Waals surface area contributed by atoms with Gasteiger partial charge in [-0.1, -0.05) is 6.07 Å². The molecule has 2 aromatic heterocycles.